The predicted octanol–water partition coefficient (Wildman–Crippen LogP) is 3.66. The molecule has 19 heavy (non-hydrogen) atoms. The second-order valence-electron chi connectivity index (χ2n) is 6.03. The zero-order valence-electron chi connectivity index (χ0n) is 11.6. The third-order valence-corrected chi connectivity index (χ3v) is 6.55. The molecule has 0 saturated carbocycles. The van der Waals surface area contributed by atoms with Crippen LogP contribution in [0.15, 0.2) is 6.07 Å². The third-order valence-electron chi connectivity index (χ3n) is 4.57. The van der Waals surface area contributed by atoms with Crippen molar-refractivity contribution in [2.75, 3.05) is 26.7 Å². The highest BCUT2D eigenvalue weighted by Gasteiger charge is 2.24. The Morgan fingerprint density at radius 1 is 1.37 bits per heavy atom. The highest BCUT2D eigenvalue weighted by Crippen LogP contribution is 2.36. The topological polar surface area (TPSA) is 15.3 Å². The molecule has 1 saturated heterocycles. The molecule has 1 atom stereocenters. The monoisotopic (exact) mass is 390 g/mol. The Morgan fingerprint density at radius 2 is 2.16 bits per heavy atom. The number of fused-ring (bicyclic) bond motifs is 1. The zero-order chi connectivity index (χ0) is 13.2. The summed E-state index contributed by atoms with van der Waals surface area (Å²) in [4.78, 5) is 4.09. The van der Waals surface area contributed by atoms with E-state index in [9.17, 15) is 0 Å². The van der Waals surface area contributed by atoms with E-state index in [1.54, 1.807) is 10.4 Å². The Hall–Kier alpha value is 0.350. The first-order valence-electron chi connectivity index (χ1n) is 7.42. The summed E-state index contributed by atoms with van der Waals surface area (Å²) in [5, 5.41) is 3.86. The van der Waals surface area contributed by atoms with Gasteiger partial charge in [0.05, 0.1) is 2.88 Å². The summed E-state index contributed by atoms with van der Waals surface area (Å²) >= 11 is 4.47. The Balaban J connectivity index is 1.56. The molecule has 1 unspecified atom stereocenters. The van der Waals surface area contributed by atoms with E-state index in [1.165, 1.54) is 54.6 Å². The molecule has 0 radical (unpaired) electrons. The molecular formula is C15H23IN2S. The Bertz CT molecular complexity index is 424. The lowest BCUT2D eigenvalue weighted by Gasteiger charge is -2.31. The lowest BCUT2D eigenvalue weighted by molar-refractivity contribution is 0.211. The molecule has 1 aliphatic heterocycles. The van der Waals surface area contributed by atoms with Gasteiger partial charge in [0.2, 0.25) is 0 Å². The second-order valence-corrected chi connectivity index (χ2v) is 9.06. The summed E-state index contributed by atoms with van der Waals surface area (Å²) in [5.41, 5.74) is 1.61. The van der Waals surface area contributed by atoms with Crippen LogP contribution in [0.3, 0.4) is 0 Å². The molecule has 1 fully saturated rings. The maximum atomic E-state index is 3.86. The molecule has 2 heterocycles. The van der Waals surface area contributed by atoms with E-state index in [2.05, 4.69) is 45.9 Å². The number of hydrogen-bond acceptors (Lipinski definition) is 3. The standard InChI is InChI=1S/C15H23IN2S/c1-18-7-5-11(6-8-18)10-17-13-3-2-4-14-12(13)9-15(16)19-14/h9,11,13,17H,2-8,10H2,1H3. The van der Waals surface area contributed by atoms with Crippen molar-refractivity contribution in [2.45, 2.75) is 38.1 Å². The quantitative estimate of drug-likeness (QED) is 0.793. The Morgan fingerprint density at radius 3 is 2.95 bits per heavy atom. The van der Waals surface area contributed by atoms with Crippen molar-refractivity contribution in [1.82, 2.24) is 10.2 Å². The molecule has 2 nitrogen and oxygen atoms in total. The van der Waals surface area contributed by atoms with Gasteiger partial charge in [0.15, 0.2) is 0 Å². The summed E-state index contributed by atoms with van der Waals surface area (Å²) in [6.45, 7) is 3.77. The summed E-state index contributed by atoms with van der Waals surface area (Å²) in [7, 11) is 2.24. The molecule has 1 N–H and O–H groups in total. The van der Waals surface area contributed by atoms with Crippen LogP contribution in [0.4, 0.5) is 0 Å². The Kier molecular flexibility index (Phi) is 4.82. The smallest absolute Gasteiger partial charge is 0.0659 e. The van der Waals surface area contributed by atoms with Crippen LogP contribution in [0.2, 0.25) is 0 Å². The fraction of sp³-hybridized carbons (Fsp3) is 0.733. The first-order valence-corrected chi connectivity index (χ1v) is 9.32. The van der Waals surface area contributed by atoms with Crippen molar-refractivity contribution in [1.29, 1.82) is 0 Å². The van der Waals surface area contributed by atoms with Crippen molar-refractivity contribution < 1.29 is 0 Å². The number of hydrogen-bond donors (Lipinski definition) is 1. The summed E-state index contributed by atoms with van der Waals surface area (Å²) in [6.07, 6.45) is 6.71. The van der Waals surface area contributed by atoms with Crippen LogP contribution in [0.5, 0.6) is 0 Å². The van der Waals surface area contributed by atoms with E-state index in [0.717, 1.165) is 5.92 Å². The highest BCUT2D eigenvalue weighted by atomic mass is 127. The fourth-order valence-corrected chi connectivity index (χ4v) is 5.43. The van der Waals surface area contributed by atoms with E-state index in [0.29, 0.717) is 6.04 Å². The van der Waals surface area contributed by atoms with E-state index in [1.807, 2.05) is 11.3 Å². The van der Waals surface area contributed by atoms with Gasteiger partial charge in [0.1, 0.15) is 0 Å². The number of nitrogens with one attached hydrogen (secondary N) is 1. The lowest BCUT2D eigenvalue weighted by Crippen LogP contribution is -2.36. The molecule has 1 aromatic heterocycles. The van der Waals surface area contributed by atoms with Gasteiger partial charge >= 0.3 is 0 Å². The van der Waals surface area contributed by atoms with Crippen molar-refractivity contribution >= 4 is 33.9 Å². The summed E-state index contributed by atoms with van der Waals surface area (Å²) in [5.74, 6) is 0.888. The maximum absolute atomic E-state index is 3.86. The molecule has 0 spiro atoms. The number of piperidine rings is 1. The maximum Gasteiger partial charge on any atom is 0.0659 e. The summed E-state index contributed by atoms with van der Waals surface area (Å²) in [6, 6.07) is 3.04. The molecule has 1 aliphatic carbocycles. The minimum atomic E-state index is 0.628. The van der Waals surface area contributed by atoms with Crippen LogP contribution in [0.1, 0.15) is 42.2 Å². The van der Waals surface area contributed by atoms with E-state index in [4.69, 9.17) is 0 Å². The van der Waals surface area contributed by atoms with Gasteiger partial charge in [-0.15, -0.1) is 11.3 Å². The molecule has 106 valence electrons. The number of thiophene rings is 1. The van der Waals surface area contributed by atoms with Crippen molar-refractivity contribution in [3.8, 4) is 0 Å². The number of aryl methyl sites for hydroxylation is 1. The van der Waals surface area contributed by atoms with Gasteiger partial charge < -0.3 is 10.2 Å². The van der Waals surface area contributed by atoms with E-state index >= 15 is 0 Å². The predicted molar refractivity (Wildman–Crippen MR) is 90.9 cm³/mol. The van der Waals surface area contributed by atoms with E-state index < -0.39 is 0 Å². The molecule has 2 aliphatic rings. The molecule has 0 aromatic carbocycles. The van der Waals surface area contributed by atoms with Crippen molar-refractivity contribution in [3.05, 3.63) is 19.4 Å². The SMILES string of the molecule is CN1CCC(CNC2CCCc3sc(I)cc32)CC1. The average Bonchev–Trinajstić information content (AvgIpc) is 2.79. The van der Waals surface area contributed by atoms with Crippen LogP contribution in [-0.4, -0.2) is 31.6 Å². The largest absolute Gasteiger partial charge is 0.310 e. The van der Waals surface area contributed by atoms with Crippen molar-refractivity contribution in [2.24, 2.45) is 5.92 Å². The van der Waals surface area contributed by atoms with Crippen LogP contribution in [-0.2, 0) is 6.42 Å². The van der Waals surface area contributed by atoms with Gasteiger partial charge in [-0.25, -0.2) is 0 Å². The molecule has 4 heteroatoms. The van der Waals surface area contributed by atoms with Crippen LogP contribution >= 0.6 is 33.9 Å². The first-order chi connectivity index (χ1) is 9.22. The van der Waals surface area contributed by atoms with Gasteiger partial charge in [-0.2, -0.15) is 0 Å². The van der Waals surface area contributed by atoms with Gasteiger partial charge in [0.25, 0.3) is 0 Å². The highest BCUT2D eigenvalue weighted by molar-refractivity contribution is 14.1. The number of rotatable bonds is 3. The number of halogens is 1. The summed E-state index contributed by atoms with van der Waals surface area (Å²) < 4.78 is 1.45. The average molecular weight is 390 g/mol. The Labute approximate surface area is 134 Å². The minimum Gasteiger partial charge on any atom is -0.310 e. The molecular weight excluding hydrogens is 367 g/mol. The molecule has 0 amide bonds. The minimum absolute atomic E-state index is 0.628. The van der Waals surface area contributed by atoms with Crippen LogP contribution in [0, 0.1) is 8.80 Å². The molecule has 0 bridgehead atoms. The fourth-order valence-electron chi connectivity index (χ4n) is 3.31. The molecule has 1 aromatic rings. The van der Waals surface area contributed by atoms with Crippen LogP contribution < -0.4 is 5.32 Å². The third kappa shape index (κ3) is 3.52. The molecule has 3 rings (SSSR count). The van der Waals surface area contributed by atoms with Gasteiger partial charge in [-0.1, -0.05) is 0 Å². The zero-order valence-corrected chi connectivity index (χ0v) is 14.6. The number of nitrogens with zero attached hydrogens (tertiary/aromatic N) is 1. The first kappa shape index (κ1) is 14.3. The van der Waals surface area contributed by atoms with E-state index in [-0.39, 0.29) is 0 Å². The van der Waals surface area contributed by atoms with Gasteiger partial charge in [-0.05, 0) is 98.9 Å². The van der Waals surface area contributed by atoms with Crippen molar-refractivity contribution in [3.63, 3.8) is 0 Å². The lowest BCUT2D eigenvalue weighted by atomic mass is 9.92. The van der Waals surface area contributed by atoms with Gasteiger partial charge in [-0.3, -0.25) is 0 Å². The van der Waals surface area contributed by atoms with Crippen LogP contribution in [0.25, 0.3) is 0 Å². The number of likely N-dealkylation sites (tertiary alicyclic amines) is 1. The normalized spacial score (nSPS) is 25.5. The second kappa shape index (κ2) is 6.41. The van der Waals surface area contributed by atoms with Gasteiger partial charge in [0, 0.05) is 10.9 Å².